The average molecular weight is 245 g/mol. The smallest absolute Gasteiger partial charge is 0.293 e. The van der Waals surface area contributed by atoms with Crippen LogP contribution in [0.25, 0.3) is 10.9 Å². The summed E-state index contributed by atoms with van der Waals surface area (Å²) in [5.41, 5.74) is 0.638. The number of Topliss-reactive ketones (excluding diaryl/α,β-unsaturated/α-hetero) is 1. The van der Waals surface area contributed by atoms with Gasteiger partial charge < -0.3 is 9.84 Å². The lowest BCUT2D eigenvalue weighted by Gasteiger charge is -2.10. The minimum Gasteiger partial charge on any atom is -0.506 e. The second-order valence-electron chi connectivity index (χ2n) is 3.78. The Morgan fingerprint density at radius 2 is 2.17 bits per heavy atom. The third-order valence-corrected chi connectivity index (χ3v) is 2.64. The molecule has 0 saturated carbocycles. The first-order valence-corrected chi connectivity index (χ1v) is 5.35. The highest BCUT2D eigenvalue weighted by molar-refractivity contribution is 6.05. The summed E-state index contributed by atoms with van der Waals surface area (Å²) in [5, 5.41) is 10.5. The summed E-state index contributed by atoms with van der Waals surface area (Å²) < 4.78 is 4.56. The lowest BCUT2D eigenvalue weighted by atomic mass is 10.1. The van der Waals surface area contributed by atoms with Crippen LogP contribution in [0.1, 0.15) is 17.3 Å². The predicted octanol–water partition coefficient (Wildman–Crippen LogP) is 1.68. The monoisotopic (exact) mass is 245 g/mol. The van der Waals surface area contributed by atoms with Crippen molar-refractivity contribution >= 4 is 23.2 Å². The van der Waals surface area contributed by atoms with E-state index < -0.39 is 11.9 Å². The zero-order valence-electron chi connectivity index (χ0n) is 9.66. The van der Waals surface area contributed by atoms with Crippen molar-refractivity contribution in [2.75, 3.05) is 0 Å². The molecule has 0 amide bonds. The third-order valence-electron chi connectivity index (χ3n) is 2.64. The number of aromatic nitrogens is 1. The van der Waals surface area contributed by atoms with Crippen LogP contribution in [0.4, 0.5) is 0 Å². The van der Waals surface area contributed by atoms with E-state index in [0.717, 1.165) is 0 Å². The molecule has 0 bridgehead atoms. The van der Waals surface area contributed by atoms with Crippen molar-refractivity contribution < 1.29 is 19.4 Å². The number of aromatic hydroxyl groups is 1. The lowest BCUT2D eigenvalue weighted by molar-refractivity contribution is -0.131. The van der Waals surface area contributed by atoms with Crippen LogP contribution in [0.2, 0.25) is 0 Å². The molecule has 0 saturated heterocycles. The third kappa shape index (κ3) is 2.02. The summed E-state index contributed by atoms with van der Waals surface area (Å²) in [7, 11) is 0. The van der Waals surface area contributed by atoms with Crippen LogP contribution in [0.15, 0.2) is 30.5 Å². The summed E-state index contributed by atoms with van der Waals surface area (Å²) in [6.45, 7) is 1.64. The molecule has 0 aliphatic heterocycles. The Hall–Kier alpha value is -2.43. The van der Waals surface area contributed by atoms with Crippen LogP contribution in [-0.2, 0) is 9.53 Å². The molecule has 2 aromatic rings. The number of fused-ring (bicyclic) bond motifs is 1. The first-order valence-electron chi connectivity index (χ1n) is 5.35. The predicted molar refractivity (Wildman–Crippen MR) is 64.3 cm³/mol. The van der Waals surface area contributed by atoms with Crippen molar-refractivity contribution in [2.24, 2.45) is 0 Å². The van der Waals surface area contributed by atoms with E-state index in [9.17, 15) is 14.7 Å². The Labute approximate surface area is 103 Å². The van der Waals surface area contributed by atoms with Crippen LogP contribution >= 0.6 is 0 Å². The minimum absolute atomic E-state index is 0.0445. The second-order valence-corrected chi connectivity index (χ2v) is 3.78. The largest absolute Gasteiger partial charge is 0.506 e. The molecule has 1 aromatic carbocycles. The summed E-state index contributed by atoms with van der Waals surface area (Å²) in [4.78, 5) is 26.2. The summed E-state index contributed by atoms with van der Waals surface area (Å²) in [6.07, 6.45) is 0.335. The number of carbonyl (C=O) groups is 2. The standard InChI is InChI=1S/C13H11NO4/c1-8(18-7-15)12(16)10-6-14-11-5-3-2-4-9(11)13(10)17/h2-8H,1H3,(H,14,17). The Morgan fingerprint density at radius 3 is 2.89 bits per heavy atom. The number of nitrogens with zero attached hydrogens (tertiary/aromatic N) is 1. The van der Waals surface area contributed by atoms with E-state index in [0.29, 0.717) is 10.9 Å². The van der Waals surface area contributed by atoms with Gasteiger partial charge in [0.05, 0.1) is 11.1 Å². The molecule has 1 atom stereocenters. The maximum Gasteiger partial charge on any atom is 0.293 e. The average Bonchev–Trinajstić information content (AvgIpc) is 2.39. The number of carbonyl (C=O) groups excluding carboxylic acids is 2. The topological polar surface area (TPSA) is 76.5 Å². The molecule has 1 N–H and O–H groups in total. The van der Waals surface area contributed by atoms with Gasteiger partial charge in [-0.3, -0.25) is 14.6 Å². The molecular weight excluding hydrogens is 234 g/mol. The molecule has 0 aliphatic rings. The molecule has 1 unspecified atom stereocenters. The van der Waals surface area contributed by atoms with Gasteiger partial charge in [-0.2, -0.15) is 0 Å². The molecule has 1 aromatic heterocycles. The normalized spacial score (nSPS) is 12.1. The number of ketones is 1. The SMILES string of the molecule is CC(OC=O)C(=O)c1cnc2ccccc2c1O. The number of hydrogen-bond acceptors (Lipinski definition) is 5. The van der Waals surface area contributed by atoms with Gasteiger partial charge in [-0.1, -0.05) is 12.1 Å². The van der Waals surface area contributed by atoms with Crippen LogP contribution in [-0.4, -0.2) is 28.4 Å². The van der Waals surface area contributed by atoms with E-state index in [1.165, 1.54) is 13.1 Å². The van der Waals surface area contributed by atoms with Crippen molar-refractivity contribution in [3.63, 3.8) is 0 Å². The number of hydrogen-bond donors (Lipinski definition) is 1. The van der Waals surface area contributed by atoms with E-state index >= 15 is 0 Å². The first-order chi connectivity index (χ1) is 8.65. The fourth-order valence-electron chi connectivity index (χ4n) is 1.67. The van der Waals surface area contributed by atoms with Crippen LogP contribution in [0.3, 0.4) is 0 Å². The molecule has 0 radical (unpaired) electrons. The van der Waals surface area contributed by atoms with Gasteiger partial charge in [0.15, 0.2) is 6.10 Å². The Morgan fingerprint density at radius 1 is 1.44 bits per heavy atom. The van der Waals surface area contributed by atoms with E-state index in [1.807, 2.05) is 0 Å². The van der Waals surface area contributed by atoms with E-state index in [1.54, 1.807) is 24.3 Å². The van der Waals surface area contributed by atoms with Crippen LogP contribution in [0, 0.1) is 0 Å². The fraction of sp³-hybridized carbons (Fsp3) is 0.154. The van der Waals surface area contributed by atoms with Gasteiger partial charge in [-0.25, -0.2) is 0 Å². The first kappa shape index (κ1) is 12.0. The van der Waals surface area contributed by atoms with Crippen molar-refractivity contribution in [3.05, 3.63) is 36.0 Å². The molecule has 1 heterocycles. The number of benzene rings is 1. The maximum atomic E-state index is 11.9. The van der Waals surface area contributed by atoms with Crippen molar-refractivity contribution in [3.8, 4) is 5.75 Å². The van der Waals surface area contributed by atoms with E-state index in [-0.39, 0.29) is 17.8 Å². The number of pyridine rings is 1. The lowest BCUT2D eigenvalue weighted by Crippen LogP contribution is -2.20. The van der Waals surface area contributed by atoms with Crippen molar-refractivity contribution in [1.29, 1.82) is 0 Å². The van der Waals surface area contributed by atoms with Crippen LogP contribution in [0.5, 0.6) is 5.75 Å². The molecule has 5 heteroatoms. The highest BCUT2D eigenvalue weighted by Crippen LogP contribution is 2.27. The van der Waals surface area contributed by atoms with Gasteiger partial charge in [-0.15, -0.1) is 0 Å². The Balaban J connectivity index is 2.49. The van der Waals surface area contributed by atoms with Gasteiger partial charge in [0.2, 0.25) is 5.78 Å². The highest BCUT2D eigenvalue weighted by Gasteiger charge is 2.21. The zero-order valence-corrected chi connectivity index (χ0v) is 9.66. The van der Waals surface area contributed by atoms with Gasteiger partial charge in [0.1, 0.15) is 5.75 Å². The van der Waals surface area contributed by atoms with Gasteiger partial charge in [0.25, 0.3) is 6.47 Å². The molecule has 5 nitrogen and oxygen atoms in total. The summed E-state index contributed by atoms with van der Waals surface area (Å²) in [6, 6.07) is 6.92. The Bertz CT molecular complexity index is 609. The zero-order chi connectivity index (χ0) is 13.1. The van der Waals surface area contributed by atoms with Gasteiger partial charge in [-0.05, 0) is 19.1 Å². The fourth-order valence-corrected chi connectivity index (χ4v) is 1.67. The quantitative estimate of drug-likeness (QED) is 0.655. The van der Waals surface area contributed by atoms with E-state index in [2.05, 4.69) is 9.72 Å². The van der Waals surface area contributed by atoms with Crippen LogP contribution < -0.4 is 0 Å². The second kappa shape index (κ2) is 4.83. The number of para-hydroxylation sites is 1. The van der Waals surface area contributed by atoms with Gasteiger partial charge >= 0.3 is 0 Å². The number of ether oxygens (including phenoxy) is 1. The molecule has 18 heavy (non-hydrogen) atoms. The maximum absolute atomic E-state index is 11.9. The molecular formula is C13H11NO4. The minimum atomic E-state index is -0.948. The number of rotatable bonds is 4. The summed E-state index contributed by atoms with van der Waals surface area (Å²) in [5.74, 6) is -0.634. The van der Waals surface area contributed by atoms with E-state index in [4.69, 9.17) is 0 Å². The molecule has 0 spiro atoms. The van der Waals surface area contributed by atoms with Crippen molar-refractivity contribution in [1.82, 2.24) is 4.98 Å². The molecule has 0 aliphatic carbocycles. The summed E-state index contributed by atoms with van der Waals surface area (Å²) >= 11 is 0. The van der Waals surface area contributed by atoms with Gasteiger partial charge in [0, 0.05) is 11.6 Å². The molecule has 0 fully saturated rings. The molecule has 2 rings (SSSR count). The molecule has 92 valence electrons. The highest BCUT2D eigenvalue weighted by atomic mass is 16.5. The Kier molecular flexibility index (Phi) is 3.23. The van der Waals surface area contributed by atoms with Crippen molar-refractivity contribution in [2.45, 2.75) is 13.0 Å².